The van der Waals surface area contributed by atoms with Crippen LogP contribution in [-0.2, 0) is 0 Å². The van der Waals surface area contributed by atoms with E-state index in [1.54, 1.807) is 0 Å². The minimum absolute atomic E-state index is 0.725. The van der Waals surface area contributed by atoms with Gasteiger partial charge in [0.15, 0.2) is 0 Å². The summed E-state index contributed by atoms with van der Waals surface area (Å²) in [7, 11) is 2.11. The molecule has 2 aliphatic rings. The molecule has 4 atom stereocenters. The van der Waals surface area contributed by atoms with E-state index < -0.39 is 0 Å². The van der Waals surface area contributed by atoms with Crippen LogP contribution in [0.15, 0.2) is 0 Å². The summed E-state index contributed by atoms with van der Waals surface area (Å²) in [5, 5.41) is 3.47. The Morgan fingerprint density at radius 2 is 1.94 bits per heavy atom. The van der Waals surface area contributed by atoms with E-state index >= 15 is 0 Å². The average Bonchev–Trinajstić information content (AvgIpc) is 3.09. The molecule has 1 N–H and O–H groups in total. The topological polar surface area (TPSA) is 15.3 Å². The Labute approximate surface area is 101 Å². The highest BCUT2D eigenvalue weighted by Crippen LogP contribution is 2.37. The lowest BCUT2D eigenvalue weighted by molar-refractivity contribution is 0.0719. The minimum atomic E-state index is 0.725. The van der Waals surface area contributed by atoms with Gasteiger partial charge in [-0.1, -0.05) is 13.8 Å². The lowest BCUT2D eigenvalue weighted by Crippen LogP contribution is -2.53. The van der Waals surface area contributed by atoms with E-state index in [0.717, 1.165) is 29.8 Å². The molecule has 0 aromatic heterocycles. The normalized spacial score (nSPS) is 38.6. The van der Waals surface area contributed by atoms with E-state index in [1.165, 1.54) is 32.4 Å². The second kappa shape index (κ2) is 5.05. The van der Waals surface area contributed by atoms with Crippen molar-refractivity contribution in [3.8, 4) is 0 Å². The number of likely N-dealkylation sites (tertiary alicyclic amines) is 1. The van der Waals surface area contributed by atoms with E-state index in [2.05, 4.69) is 38.0 Å². The van der Waals surface area contributed by atoms with Crippen LogP contribution in [0.5, 0.6) is 0 Å². The maximum Gasteiger partial charge on any atom is 0.0117 e. The van der Waals surface area contributed by atoms with E-state index in [9.17, 15) is 0 Å². The smallest absolute Gasteiger partial charge is 0.0117 e. The zero-order chi connectivity index (χ0) is 11.7. The summed E-state index contributed by atoms with van der Waals surface area (Å²) in [6.45, 7) is 9.87. The molecule has 0 bridgehead atoms. The zero-order valence-electron chi connectivity index (χ0n) is 11.4. The molecule has 0 spiro atoms. The largest absolute Gasteiger partial charge is 0.317 e. The Morgan fingerprint density at radius 3 is 2.50 bits per heavy atom. The van der Waals surface area contributed by atoms with Gasteiger partial charge < -0.3 is 10.2 Å². The fraction of sp³-hybridized carbons (Fsp3) is 1.00. The molecule has 1 saturated heterocycles. The summed E-state index contributed by atoms with van der Waals surface area (Å²) in [6, 6.07) is 1.47. The summed E-state index contributed by atoms with van der Waals surface area (Å²) >= 11 is 0. The second-order valence-electron chi connectivity index (χ2n) is 6.09. The quantitative estimate of drug-likeness (QED) is 0.788. The lowest BCUT2D eigenvalue weighted by atomic mass is 9.86. The molecule has 2 nitrogen and oxygen atoms in total. The molecule has 0 amide bonds. The average molecular weight is 224 g/mol. The minimum Gasteiger partial charge on any atom is -0.317 e. The van der Waals surface area contributed by atoms with Crippen molar-refractivity contribution in [1.29, 1.82) is 0 Å². The first-order valence-electron chi connectivity index (χ1n) is 7.04. The van der Waals surface area contributed by atoms with E-state index in [1.807, 2.05) is 0 Å². The highest BCUT2D eigenvalue weighted by Gasteiger charge is 2.35. The molecule has 2 rings (SSSR count). The molecule has 1 saturated carbocycles. The summed E-state index contributed by atoms with van der Waals surface area (Å²) in [4.78, 5) is 2.72. The SMILES string of the molecule is CNC1CCN(CC(C)C2CC2)C(C)C1C. The number of nitrogens with zero attached hydrogens (tertiary/aromatic N) is 1. The summed E-state index contributed by atoms with van der Waals surface area (Å²) < 4.78 is 0. The fourth-order valence-electron chi connectivity index (χ4n) is 3.29. The third-order valence-corrected chi connectivity index (χ3v) is 5.02. The number of hydrogen-bond acceptors (Lipinski definition) is 2. The van der Waals surface area contributed by atoms with Crippen molar-refractivity contribution in [2.75, 3.05) is 20.1 Å². The van der Waals surface area contributed by atoms with Gasteiger partial charge in [-0.3, -0.25) is 0 Å². The maximum atomic E-state index is 3.47. The monoisotopic (exact) mass is 224 g/mol. The third-order valence-electron chi connectivity index (χ3n) is 5.02. The third kappa shape index (κ3) is 2.60. The Balaban J connectivity index is 1.86. The van der Waals surface area contributed by atoms with E-state index in [4.69, 9.17) is 0 Å². The number of hydrogen-bond donors (Lipinski definition) is 1. The number of rotatable bonds is 4. The molecule has 1 aliphatic heterocycles. The Hall–Kier alpha value is -0.0800. The molecule has 2 fully saturated rings. The summed E-state index contributed by atoms with van der Waals surface area (Å²) in [5.41, 5.74) is 0. The van der Waals surface area contributed by atoms with Crippen molar-refractivity contribution < 1.29 is 0 Å². The van der Waals surface area contributed by atoms with Gasteiger partial charge in [0.1, 0.15) is 0 Å². The molecular weight excluding hydrogens is 196 g/mol. The van der Waals surface area contributed by atoms with Gasteiger partial charge in [0.05, 0.1) is 0 Å². The first kappa shape index (κ1) is 12.4. The van der Waals surface area contributed by atoms with Gasteiger partial charge in [-0.2, -0.15) is 0 Å². The number of piperidine rings is 1. The van der Waals surface area contributed by atoms with Crippen LogP contribution in [-0.4, -0.2) is 37.1 Å². The fourth-order valence-corrected chi connectivity index (χ4v) is 3.29. The van der Waals surface area contributed by atoms with Gasteiger partial charge in [0.25, 0.3) is 0 Å². The second-order valence-corrected chi connectivity index (χ2v) is 6.09. The standard InChI is InChI=1S/C14H28N2/c1-10(13-5-6-13)9-16-8-7-14(15-4)11(2)12(16)3/h10-15H,5-9H2,1-4H3. The van der Waals surface area contributed by atoms with Crippen LogP contribution < -0.4 is 5.32 Å². The molecule has 1 aliphatic carbocycles. The van der Waals surface area contributed by atoms with Gasteiger partial charge in [-0.25, -0.2) is 0 Å². The van der Waals surface area contributed by atoms with Crippen LogP contribution in [0.3, 0.4) is 0 Å². The molecule has 0 aromatic rings. The van der Waals surface area contributed by atoms with Crippen LogP contribution >= 0.6 is 0 Å². The zero-order valence-corrected chi connectivity index (χ0v) is 11.4. The van der Waals surface area contributed by atoms with Crippen molar-refractivity contribution in [1.82, 2.24) is 10.2 Å². The van der Waals surface area contributed by atoms with Crippen LogP contribution in [0.2, 0.25) is 0 Å². The summed E-state index contributed by atoms with van der Waals surface area (Å²) in [5.74, 6) is 2.75. The van der Waals surface area contributed by atoms with E-state index in [0.29, 0.717) is 0 Å². The van der Waals surface area contributed by atoms with Crippen LogP contribution in [0.25, 0.3) is 0 Å². The molecule has 1 heterocycles. The highest BCUT2D eigenvalue weighted by molar-refractivity contribution is 4.90. The van der Waals surface area contributed by atoms with Crippen molar-refractivity contribution in [2.45, 2.75) is 52.1 Å². The van der Waals surface area contributed by atoms with Crippen molar-refractivity contribution in [2.24, 2.45) is 17.8 Å². The van der Waals surface area contributed by atoms with Crippen LogP contribution in [0, 0.1) is 17.8 Å². The van der Waals surface area contributed by atoms with Gasteiger partial charge >= 0.3 is 0 Å². The van der Waals surface area contributed by atoms with Gasteiger partial charge in [-0.05, 0) is 57.5 Å². The Morgan fingerprint density at radius 1 is 1.25 bits per heavy atom. The molecular formula is C14H28N2. The van der Waals surface area contributed by atoms with Gasteiger partial charge in [0, 0.05) is 18.6 Å². The lowest BCUT2D eigenvalue weighted by Gasteiger charge is -2.43. The maximum absolute atomic E-state index is 3.47. The molecule has 2 heteroatoms. The van der Waals surface area contributed by atoms with Crippen LogP contribution in [0.4, 0.5) is 0 Å². The van der Waals surface area contributed by atoms with Crippen molar-refractivity contribution in [3.63, 3.8) is 0 Å². The predicted molar refractivity (Wildman–Crippen MR) is 69.6 cm³/mol. The Kier molecular flexibility index (Phi) is 3.91. The molecule has 0 radical (unpaired) electrons. The molecule has 94 valence electrons. The predicted octanol–water partition coefficient (Wildman–Crippen LogP) is 2.35. The highest BCUT2D eigenvalue weighted by atomic mass is 15.2. The van der Waals surface area contributed by atoms with Crippen molar-refractivity contribution in [3.05, 3.63) is 0 Å². The number of nitrogens with one attached hydrogen (secondary N) is 1. The van der Waals surface area contributed by atoms with E-state index in [-0.39, 0.29) is 0 Å². The Bertz CT molecular complexity index is 225. The molecule has 0 aromatic carbocycles. The van der Waals surface area contributed by atoms with Gasteiger partial charge in [-0.15, -0.1) is 0 Å². The molecule has 4 unspecified atom stereocenters. The summed E-state index contributed by atoms with van der Waals surface area (Å²) in [6.07, 6.45) is 4.29. The van der Waals surface area contributed by atoms with Crippen LogP contribution in [0.1, 0.15) is 40.0 Å². The molecule has 16 heavy (non-hydrogen) atoms. The van der Waals surface area contributed by atoms with Crippen molar-refractivity contribution >= 4 is 0 Å². The first-order chi connectivity index (χ1) is 7.63. The van der Waals surface area contributed by atoms with Gasteiger partial charge in [0.2, 0.25) is 0 Å². The first-order valence-corrected chi connectivity index (χ1v) is 7.04.